The van der Waals surface area contributed by atoms with E-state index in [-0.39, 0.29) is 19.1 Å². The van der Waals surface area contributed by atoms with E-state index in [1.807, 2.05) is 6.07 Å². The molecule has 0 rings (SSSR count). The van der Waals surface area contributed by atoms with Gasteiger partial charge in [0.25, 0.3) is 0 Å². The van der Waals surface area contributed by atoms with E-state index in [2.05, 4.69) is 0 Å². The lowest BCUT2D eigenvalue weighted by molar-refractivity contribution is -0.167. The number of nitriles is 1. The number of rotatable bonds is 6. The number of hydrogen-bond donors (Lipinski definition) is 0. The molecule has 0 amide bonds. The highest BCUT2D eigenvalue weighted by molar-refractivity contribution is 5.88. The van der Waals surface area contributed by atoms with Gasteiger partial charge in [0, 0.05) is 0 Å². The van der Waals surface area contributed by atoms with Gasteiger partial charge in [0.1, 0.15) is 0 Å². The highest BCUT2D eigenvalue weighted by atomic mass is 16.5. The molecular weight excluding hydrogens is 234 g/mol. The number of ether oxygens (including phenoxy) is 2. The Balaban J connectivity index is 5.41. The van der Waals surface area contributed by atoms with Gasteiger partial charge in [-0.3, -0.25) is 9.59 Å². The fourth-order valence-electron chi connectivity index (χ4n) is 1.89. The summed E-state index contributed by atoms with van der Waals surface area (Å²) in [5, 5.41) is 9.37. The summed E-state index contributed by atoms with van der Waals surface area (Å²) in [5.74, 6) is -2.42. The van der Waals surface area contributed by atoms with Crippen molar-refractivity contribution in [2.75, 3.05) is 13.2 Å². The first kappa shape index (κ1) is 16.4. The third-order valence-electron chi connectivity index (χ3n) is 3.03. The maximum atomic E-state index is 12.0. The summed E-state index contributed by atoms with van der Waals surface area (Å²) in [6.07, 6.45) is 0. The Bertz CT molecular complexity index is 345. The van der Waals surface area contributed by atoms with Crippen molar-refractivity contribution < 1.29 is 19.1 Å². The number of hydrogen-bond acceptors (Lipinski definition) is 5. The molecule has 2 unspecified atom stereocenters. The van der Waals surface area contributed by atoms with Gasteiger partial charge in [0.05, 0.1) is 25.2 Å². The molecule has 2 atom stereocenters. The summed E-state index contributed by atoms with van der Waals surface area (Å²) in [7, 11) is 0. The molecule has 0 aliphatic heterocycles. The van der Waals surface area contributed by atoms with Gasteiger partial charge in [-0.05, 0) is 26.7 Å². The molecular formula is C13H21NO4. The van der Waals surface area contributed by atoms with Gasteiger partial charge in [-0.15, -0.1) is 0 Å². The quantitative estimate of drug-likeness (QED) is 0.678. The van der Waals surface area contributed by atoms with Crippen LogP contribution < -0.4 is 0 Å². The molecule has 0 aromatic carbocycles. The Morgan fingerprint density at radius 1 is 1.17 bits per heavy atom. The van der Waals surface area contributed by atoms with Crippen molar-refractivity contribution in [3.8, 4) is 6.07 Å². The van der Waals surface area contributed by atoms with E-state index in [1.54, 1.807) is 27.7 Å². The van der Waals surface area contributed by atoms with E-state index in [9.17, 15) is 14.9 Å². The molecule has 0 aromatic rings. The Kier molecular flexibility index (Phi) is 6.39. The second-order valence-corrected chi connectivity index (χ2v) is 4.33. The third kappa shape index (κ3) is 3.00. The van der Waals surface area contributed by atoms with Crippen LogP contribution in [0.3, 0.4) is 0 Å². The van der Waals surface area contributed by atoms with Crippen molar-refractivity contribution in [1.82, 2.24) is 0 Å². The van der Waals surface area contributed by atoms with E-state index in [0.29, 0.717) is 0 Å². The van der Waals surface area contributed by atoms with Gasteiger partial charge in [-0.1, -0.05) is 13.8 Å². The molecule has 0 fully saturated rings. The monoisotopic (exact) mass is 255 g/mol. The largest absolute Gasteiger partial charge is 0.466 e. The lowest BCUT2D eigenvalue weighted by Crippen LogP contribution is -2.46. The normalized spacial score (nSPS) is 15.4. The highest BCUT2D eigenvalue weighted by Crippen LogP contribution is 2.37. The number of esters is 2. The van der Waals surface area contributed by atoms with E-state index < -0.39 is 23.3 Å². The van der Waals surface area contributed by atoms with Crippen LogP contribution in [0, 0.1) is 28.6 Å². The van der Waals surface area contributed by atoms with Crippen molar-refractivity contribution >= 4 is 11.9 Å². The minimum absolute atomic E-state index is 0.171. The van der Waals surface area contributed by atoms with Crippen LogP contribution in [0.4, 0.5) is 0 Å². The summed E-state index contributed by atoms with van der Waals surface area (Å²) in [5.41, 5.74) is -1.50. The first-order valence-electron chi connectivity index (χ1n) is 6.13. The maximum absolute atomic E-state index is 12.0. The van der Waals surface area contributed by atoms with Crippen LogP contribution in [-0.4, -0.2) is 25.2 Å². The van der Waals surface area contributed by atoms with E-state index in [0.717, 1.165) is 0 Å². The molecule has 0 saturated carbocycles. The Morgan fingerprint density at radius 2 is 1.67 bits per heavy atom. The topological polar surface area (TPSA) is 76.4 Å². The van der Waals surface area contributed by atoms with E-state index in [1.165, 1.54) is 6.92 Å². The minimum Gasteiger partial charge on any atom is -0.466 e. The first-order chi connectivity index (χ1) is 8.38. The van der Waals surface area contributed by atoms with Crippen molar-refractivity contribution in [2.45, 2.75) is 34.6 Å². The molecule has 5 heteroatoms. The lowest BCUT2D eigenvalue weighted by atomic mass is 9.69. The second-order valence-electron chi connectivity index (χ2n) is 4.33. The maximum Gasteiger partial charge on any atom is 0.327 e. The van der Waals surface area contributed by atoms with Crippen molar-refractivity contribution in [2.24, 2.45) is 17.3 Å². The highest BCUT2D eigenvalue weighted by Gasteiger charge is 2.52. The zero-order chi connectivity index (χ0) is 14.3. The standard InChI is InChI=1S/C13H21NO4/c1-6-17-11(15)10(5)13(8-14,9(3)4)12(16)18-7-2/h9-10H,6-7H2,1-5H3. The van der Waals surface area contributed by atoms with Crippen LogP contribution in [0.25, 0.3) is 0 Å². The average Bonchev–Trinajstić information content (AvgIpc) is 2.30. The second kappa shape index (κ2) is 7.00. The van der Waals surface area contributed by atoms with Gasteiger partial charge in [-0.25, -0.2) is 0 Å². The zero-order valence-corrected chi connectivity index (χ0v) is 11.6. The summed E-state index contributed by atoms with van der Waals surface area (Å²) >= 11 is 0. The molecule has 102 valence electrons. The van der Waals surface area contributed by atoms with Gasteiger partial charge < -0.3 is 9.47 Å². The summed E-state index contributed by atoms with van der Waals surface area (Å²) in [6.45, 7) is 8.69. The third-order valence-corrected chi connectivity index (χ3v) is 3.03. The van der Waals surface area contributed by atoms with E-state index in [4.69, 9.17) is 9.47 Å². The first-order valence-corrected chi connectivity index (χ1v) is 6.13. The number of carbonyl (C=O) groups excluding carboxylic acids is 2. The molecule has 0 aromatic heterocycles. The summed E-state index contributed by atoms with van der Waals surface area (Å²) < 4.78 is 9.83. The summed E-state index contributed by atoms with van der Waals surface area (Å²) in [6, 6.07) is 1.96. The fraction of sp³-hybridized carbons (Fsp3) is 0.769. The average molecular weight is 255 g/mol. The Morgan fingerprint density at radius 3 is 2.00 bits per heavy atom. The van der Waals surface area contributed by atoms with Crippen LogP contribution in [0.1, 0.15) is 34.6 Å². The lowest BCUT2D eigenvalue weighted by Gasteiger charge is -2.32. The van der Waals surface area contributed by atoms with Crippen LogP contribution in [-0.2, 0) is 19.1 Å². The molecule has 18 heavy (non-hydrogen) atoms. The number of nitrogens with zero attached hydrogens (tertiary/aromatic N) is 1. The molecule has 0 saturated heterocycles. The van der Waals surface area contributed by atoms with Gasteiger partial charge in [-0.2, -0.15) is 5.26 Å². The molecule has 0 heterocycles. The van der Waals surface area contributed by atoms with Crippen LogP contribution in [0.5, 0.6) is 0 Å². The Labute approximate surface area is 108 Å². The van der Waals surface area contributed by atoms with Crippen molar-refractivity contribution in [3.05, 3.63) is 0 Å². The van der Waals surface area contributed by atoms with E-state index >= 15 is 0 Å². The number of carbonyl (C=O) groups is 2. The summed E-state index contributed by atoms with van der Waals surface area (Å²) in [4.78, 5) is 23.8. The van der Waals surface area contributed by atoms with Gasteiger partial charge in [0.2, 0.25) is 0 Å². The smallest absolute Gasteiger partial charge is 0.327 e. The van der Waals surface area contributed by atoms with Crippen LogP contribution >= 0.6 is 0 Å². The predicted molar refractivity (Wildman–Crippen MR) is 65.3 cm³/mol. The molecule has 0 spiro atoms. The van der Waals surface area contributed by atoms with Crippen molar-refractivity contribution in [3.63, 3.8) is 0 Å². The minimum atomic E-state index is -1.50. The molecule has 0 bridgehead atoms. The molecule has 0 radical (unpaired) electrons. The van der Waals surface area contributed by atoms with Gasteiger partial charge in [0.15, 0.2) is 5.41 Å². The molecule has 0 N–H and O–H groups in total. The van der Waals surface area contributed by atoms with Crippen molar-refractivity contribution in [1.29, 1.82) is 5.26 Å². The van der Waals surface area contributed by atoms with Gasteiger partial charge >= 0.3 is 11.9 Å². The fourth-order valence-corrected chi connectivity index (χ4v) is 1.89. The molecule has 5 nitrogen and oxygen atoms in total. The molecule has 0 aliphatic rings. The molecule has 0 aliphatic carbocycles. The SMILES string of the molecule is CCOC(=O)C(C)C(C#N)(C(=O)OCC)C(C)C. The van der Waals surface area contributed by atoms with Crippen LogP contribution in [0.2, 0.25) is 0 Å². The van der Waals surface area contributed by atoms with Crippen LogP contribution in [0.15, 0.2) is 0 Å². The predicted octanol–water partition coefficient (Wildman–Crippen LogP) is 1.91. The Hall–Kier alpha value is -1.57. The zero-order valence-electron chi connectivity index (χ0n) is 11.6.